The maximum Gasteiger partial charge on any atom is 0.343 e. The molecule has 0 radical (unpaired) electrons. The highest BCUT2D eigenvalue weighted by Gasteiger charge is 2.33. The molecule has 1 aliphatic rings. The van der Waals surface area contributed by atoms with Gasteiger partial charge in [0.15, 0.2) is 0 Å². The zero-order chi connectivity index (χ0) is 23.6. The van der Waals surface area contributed by atoms with Crippen LogP contribution in [0.15, 0.2) is 71.5 Å². The third-order valence-electron chi connectivity index (χ3n) is 5.96. The van der Waals surface area contributed by atoms with E-state index in [2.05, 4.69) is 10.8 Å². The molecule has 4 rings (SSSR count). The van der Waals surface area contributed by atoms with Gasteiger partial charge in [-0.25, -0.2) is 17.9 Å². The van der Waals surface area contributed by atoms with Crippen LogP contribution >= 0.6 is 0 Å². The number of carbonyl (C=O) groups excluding carboxylic acids is 1. The molecule has 7 nitrogen and oxygen atoms in total. The summed E-state index contributed by atoms with van der Waals surface area (Å²) in [7, 11) is -2.27. The van der Waals surface area contributed by atoms with Gasteiger partial charge in [0, 0.05) is 11.7 Å². The number of aryl methyl sites for hydroxylation is 1. The first kappa shape index (κ1) is 22.9. The lowest BCUT2D eigenvalue weighted by Crippen LogP contribution is -2.49. The lowest BCUT2D eigenvalue weighted by atomic mass is 9.90. The number of esters is 1. The molecule has 0 amide bonds. The summed E-state index contributed by atoms with van der Waals surface area (Å²) < 4.78 is 33.2. The van der Waals surface area contributed by atoms with E-state index >= 15 is 0 Å². The summed E-state index contributed by atoms with van der Waals surface area (Å²) >= 11 is 0. The molecule has 0 saturated heterocycles. The highest BCUT2D eigenvalue weighted by Crippen LogP contribution is 2.29. The second-order valence-corrected chi connectivity index (χ2v) is 10.1. The van der Waals surface area contributed by atoms with Crippen molar-refractivity contribution in [1.82, 2.24) is 9.29 Å². The third kappa shape index (κ3) is 5.07. The minimum absolute atomic E-state index is 0.0655. The molecule has 0 spiro atoms. The first-order valence-electron chi connectivity index (χ1n) is 10.7. The fraction of sp³-hybridized carbons (Fsp3) is 0.280. The number of ether oxygens (including phenoxy) is 1. The number of sulfonamides is 1. The van der Waals surface area contributed by atoms with Gasteiger partial charge in [-0.3, -0.25) is 4.79 Å². The molecule has 0 unspecified atom stereocenters. The Morgan fingerprint density at radius 1 is 1.06 bits per heavy atom. The van der Waals surface area contributed by atoms with Crippen LogP contribution in [0.25, 0.3) is 11.1 Å². The number of nitrogens with zero attached hydrogens (tertiary/aromatic N) is 1. The van der Waals surface area contributed by atoms with Gasteiger partial charge < -0.3 is 9.30 Å². The molecule has 2 atom stereocenters. The van der Waals surface area contributed by atoms with Crippen molar-refractivity contribution in [3.05, 3.63) is 93.9 Å². The predicted molar refractivity (Wildman–Crippen MR) is 127 cm³/mol. The molecule has 33 heavy (non-hydrogen) atoms. The molecule has 1 aromatic heterocycles. The van der Waals surface area contributed by atoms with Crippen LogP contribution in [0.5, 0.6) is 0 Å². The third-order valence-corrected chi connectivity index (χ3v) is 6.69. The molecule has 0 bridgehead atoms. The second kappa shape index (κ2) is 9.33. The van der Waals surface area contributed by atoms with E-state index < -0.39 is 33.6 Å². The summed E-state index contributed by atoms with van der Waals surface area (Å²) in [5, 5.41) is 0. The van der Waals surface area contributed by atoms with Crippen LogP contribution < -0.4 is 10.3 Å². The van der Waals surface area contributed by atoms with Crippen molar-refractivity contribution in [3.8, 4) is 11.1 Å². The Bertz CT molecular complexity index is 1330. The number of fused-ring (bicyclic) bond motifs is 1. The first-order chi connectivity index (χ1) is 15.8. The van der Waals surface area contributed by atoms with Gasteiger partial charge in [0.2, 0.25) is 10.0 Å². The van der Waals surface area contributed by atoms with Crippen molar-refractivity contribution in [3.63, 3.8) is 0 Å². The summed E-state index contributed by atoms with van der Waals surface area (Å²) in [6.07, 6.45) is 2.60. The summed E-state index contributed by atoms with van der Waals surface area (Å²) in [5.41, 5.74) is 3.30. The van der Waals surface area contributed by atoms with Crippen molar-refractivity contribution in [1.29, 1.82) is 0 Å². The maximum atomic E-state index is 13.3. The monoisotopic (exact) mass is 466 g/mol. The van der Waals surface area contributed by atoms with Gasteiger partial charge in [-0.15, -0.1) is 0 Å². The van der Waals surface area contributed by atoms with Crippen molar-refractivity contribution in [2.45, 2.75) is 31.3 Å². The van der Waals surface area contributed by atoms with Crippen molar-refractivity contribution >= 4 is 16.0 Å². The lowest BCUT2D eigenvalue weighted by molar-refractivity contribution is 0.0597. The normalized spacial score (nSPS) is 17.9. The lowest BCUT2D eigenvalue weighted by Gasteiger charge is -2.35. The Balaban J connectivity index is 1.79. The fourth-order valence-electron chi connectivity index (χ4n) is 4.50. The summed E-state index contributed by atoms with van der Waals surface area (Å²) in [6.45, 7) is 0. The largest absolute Gasteiger partial charge is 0.465 e. The SMILES string of the molecule is COC(=O)c1ccc2n(c1=O)[C@@H](Cc1cccc(-c3ccccc3)c1)[C@@H](NS(C)(=O)=O)CC2. The standard InChI is InChI=1S/C25H26N2O5S/c1-32-25(29)21-13-11-20-12-14-22(26-33(2,30)31)23(27(20)24(21)28)16-17-7-6-10-19(15-17)18-8-4-3-5-9-18/h3-11,13,15,22-23,26H,12,14,16H2,1-2H3/t22-,23-/m0/s1. The smallest absolute Gasteiger partial charge is 0.343 e. The number of methoxy groups -OCH3 is 1. The predicted octanol–water partition coefficient (Wildman–Crippen LogP) is 2.95. The van der Waals surface area contributed by atoms with E-state index in [1.165, 1.54) is 13.2 Å². The van der Waals surface area contributed by atoms with Gasteiger partial charge in [0.05, 0.1) is 19.4 Å². The number of pyridine rings is 1. The van der Waals surface area contributed by atoms with E-state index in [1.54, 1.807) is 10.6 Å². The Morgan fingerprint density at radius 3 is 2.48 bits per heavy atom. The molecule has 2 aromatic carbocycles. The molecule has 172 valence electrons. The van der Waals surface area contributed by atoms with E-state index in [9.17, 15) is 18.0 Å². The summed E-state index contributed by atoms with van der Waals surface area (Å²) in [4.78, 5) is 25.4. The van der Waals surface area contributed by atoms with Crippen LogP contribution in [0.1, 0.15) is 34.1 Å². The van der Waals surface area contributed by atoms with Crippen LogP contribution in [0.4, 0.5) is 0 Å². The minimum atomic E-state index is -3.50. The average molecular weight is 467 g/mol. The Morgan fingerprint density at radius 2 is 1.79 bits per heavy atom. The Labute approximate surface area is 193 Å². The van der Waals surface area contributed by atoms with E-state index in [0.29, 0.717) is 19.3 Å². The van der Waals surface area contributed by atoms with Crippen molar-refractivity contribution in [2.24, 2.45) is 0 Å². The zero-order valence-electron chi connectivity index (χ0n) is 18.5. The van der Waals surface area contributed by atoms with Gasteiger partial charge in [-0.05, 0) is 48.1 Å². The van der Waals surface area contributed by atoms with E-state index in [0.717, 1.165) is 28.6 Å². The summed E-state index contributed by atoms with van der Waals surface area (Å²) in [6, 6.07) is 20.2. The van der Waals surface area contributed by atoms with Gasteiger partial charge in [0.1, 0.15) is 5.56 Å². The highest BCUT2D eigenvalue weighted by atomic mass is 32.2. The first-order valence-corrected chi connectivity index (χ1v) is 12.6. The number of hydrogen-bond donors (Lipinski definition) is 1. The van der Waals surface area contributed by atoms with Crippen LogP contribution in [-0.2, 0) is 27.6 Å². The zero-order valence-corrected chi connectivity index (χ0v) is 19.3. The number of aromatic nitrogens is 1. The summed E-state index contributed by atoms with van der Waals surface area (Å²) in [5.74, 6) is -0.710. The highest BCUT2D eigenvalue weighted by molar-refractivity contribution is 7.88. The van der Waals surface area contributed by atoms with E-state index in [1.807, 2.05) is 48.5 Å². The van der Waals surface area contributed by atoms with Gasteiger partial charge >= 0.3 is 5.97 Å². The topological polar surface area (TPSA) is 94.5 Å². The van der Waals surface area contributed by atoms with E-state index in [4.69, 9.17) is 4.74 Å². The molecule has 1 aliphatic heterocycles. The van der Waals surface area contributed by atoms with Crippen LogP contribution in [0.2, 0.25) is 0 Å². The molecular weight excluding hydrogens is 440 g/mol. The molecule has 1 N–H and O–H groups in total. The number of rotatable bonds is 6. The molecular formula is C25H26N2O5S. The van der Waals surface area contributed by atoms with Gasteiger partial charge in [0.25, 0.3) is 5.56 Å². The molecule has 0 aliphatic carbocycles. The average Bonchev–Trinajstić information content (AvgIpc) is 2.80. The molecule has 0 fully saturated rings. The minimum Gasteiger partial charge on any atom is -0.465 e. The fourth-order valence-corrected chi connectivity index (χ4v) is 5.32. The maximum absolute atomic E-state index is 13.3. The van der Waals surface area contributed by atoms with Gasteiger partial charge in [-0.1, -0.05) is 54.6 Å². The van der Waals surface area contributed by atoms with E-state index in [-0.39, 0.29) is 5.56 Å². The number of carbonyl (C=O) groups is 1. The quantitative estimate of drug-likeness (QED) is 0.564. The molecule has 0 saturated carbocycles. The molecule has 2 heterocycles. The Hall–Kier alpha value is -3.23. The van der Waals surface area contributed by atoms with Crippen LogP contribution in [0, 0.1) is 0 Å². The van der Waals surface area contributed by atoms with Crippen LogP contribution in [0.3, 0.4) is 0 Å². The van der Waals surface area contributed by atoms with Crippen molar-refractivity contribution in [2.75, 3.05) is 13.4 Å². The van der Waals surface area contributed by atoms with Crippen LogP contribution in [-0.4, -0.2) is 38.4 Å². The number of benzene rings is 2. The second-order valence-electron chi connectivity index (χ2n) is 8.28. The molecule has 3 aromatic rings. The number of hydrogen-bond acceptors (Lipinski definition) is 5. The van der Waals surface area contributed by atoms with Crippen molar-refractivity contribution < 1.29 is 17.9 Å². The van der Waals surface area contributed by atoms with Gasteiger partial charge in [-0.2, -0.15) is 0 Å². The Kier molecular flexibility index (Phi) is 6.49. The number of nitrogens with one attached hydrogen (secondary N) is 1. The molecule has 8 heteroatoms.